The van der Waals surface area contributed by atoms with Crippen molar-refractivity contribution in [3.8, 4) is 0 Å². The number of anilines is 2. The number of hydrogen-bond acceptors (Lipinski definition) is 5. The van der Waals surface area contributed by atoms with Crippen LogP contribution in [0, 0.1) is 5.92 Å². The lowest BCUT2D eigenvalue weighted by atomic mass is 9.98. The molecule has 8 heteroatoms. The molecule has 8 nitrogen and oxygen atoms in total. The van der Waals surface area contributed by atoms with E-state index in [1.807, 2.05) is 4.90 Å². The van der Waals surface area contributed by atoms with Crippen LogP contribution in [-0.4, -0.2) is 62.5 Å². The molecule has 1 aliphatic rings. The van der Waals surface area contributed by atoms with E-state index in [-0.39, 0.29) is 24.3 Å². The summed E-state index contributed by atoms with van der Waals surface area (Å²) in [4.78, 5) is 39.3. The predicted octanol–water partition coefficient (Wildman–Crippen LogP) is 2.99. The molecule has 0 bridgehead atoms. The van der Waals surface area contributed by atoms with Crippen LogP contribution in [0.3, 0.4) is 0 Å². The van der Waals surface area contributed by atoms with Gasteiger partial charge in [0.1, 0.15) is 0 Å². The molecule has 0 spiro atoms. The molecule has 0 atom stereocenters. The number of ether oxygens (including phenoxy) is 1. The molecule has 3 N–H and O–H groups in total. The highest BCUT2D eigenvalue weighted by Crippen LogP contribution is 2.19. The number of nitrogens with zero attached hydrogens (tertiary/aromatic N) is 1. The predicted molar refractivity (Wildman–Crippen MR) is 129 cm³/mol. The topological polar surface area (TPSA) is 99.8 Å². The maximum atomic E-state index is 12.8. The van der Waals surface area contributed by atoms with Crippen LogP contribution in [0.25, 0.3) is 0 Å². The van der Waals surface area contributed by atoms with Crippen molar-refractivity contribution in [1.29, 1.82) is 0 Å². The zero-order valence-corrected chi connectivity index (χ0v) is 19.2. The zero-order chi connectivity index (χ0) is 23.6. The van der Waals surface area contributed by atoms with E-state index in [9.17, 15) is 14.4 Å². The minimum absolute atomic E-state index is 0.00304. The number of rotatable bonds is 9. The number of amides is 3. The Labute approximate surface area is 194 Å². The van der Waals surface area contributed by atoms with Gasteiger partial charge in [-0.25, -0.2) is 0 Å². The van der Waals surface area contributed by atoms with E-state index in [1.54, 1.807) is 55.6 Å². The van der Waals surface area contributed by atoms with Gasteiger partial charge in [-0.1, -0.05) is 19.1 Å². The minimum atomic E-state index is -0.249. The quantitative estimate of drug-likeness (QED) is 0.508. The molecular weight excluding hydrogens is 420 g/mol. The number of piperidine rings is 1. The Morgan fingerprint density at radius 3 is 2.39 bits per heavy atom. The first kappa shape index (κ1) is 24.3. The second-order valence-corrected chi connectivity index (χ2v) is 8.29. The van der Waals surface area contributed by atoms with Gasteiger partial charge >= 0.3 is 0 Å². The molecule has 0 aliphatic carbocycles. The first-order valence-electron chi connectivity index (χ1n) is 11.3. The zero-order valence-electron chi connectivity index (χ0n) is 19.2. The largest absolute Gasteiger partial charge is 0.383 e. The van der Waals surface area contributed by atoms with E-state index in [0.29, 0.717) is 41.6 Å². The summed E-state index contributed by atoms with van der Waals surface area (Å²) in [7, 11) is 1.57. The summed E-state index contributed by atoms with van der Waals surface area (Å²) >= 11 is 0. The van der Waals surface area contributed by atoms with Crippen molar-refractivity contribution in [3.05, 3.63) is 59.7 Å². The lowest BCUT2D eigenvalue weighted by molar-refractivity contribution is -0.114. The van der Waals surface area contributed by atoms with Crippen LogP contribution in [0.1, 0.15) is 40.5 Å². The van der Waals surface area contributed by atoms with Crippen molar-refractivity contribution >= 4 is 29.1 Å². The molecule has 2 aromatic carbocycles. The summed E-state index contributed by atoms with van der Waals surface area (Å²) in [5.74, 6) is 0.195. The van der Waals surface area contributed by atoms with Gasteiger partial charge in [0, 0.05) is 49.2 Å². The fraction of sp³-hybridized carbons (Fsp3) is 0.400. The SMILES string of the molecule is COCCNC(=O)c1cccc(NCC(=O)Nc2cccc(C(=O)N3CCC(C)CC3)c2)c1. The van der Waals surface area contributed by atoms with Crippen LogP contribution in [0.4, 0.5) is 11.4 Å². The van der Waals surface area contributed by atoms with Gasteiger partial charge < -0.3 is 25.6 Å². The van der Waals surface area contributed by atoms with Crippen molar-refractivity contribution in [2.24, 2.45) is 5.92 Å². The number of nitrogens with one attached hydrogen (secondary N) is 3. The molecule has 1 fully saturated rings. The number of carbonyl (C=O) groups is 3. The second-order valence-electron chi connectivity index (χ2n) is 8.29. The summed E-state index contributed by atoms with van der Waals surface area (Å²) < 4.78 is 4.93. The van der Waals surface area contributed by atoms with Crippen molar-refractivity contribution in [1.82, 2.24) is 10.2 Å². The highest BCUT2D eigenvalue weighted by atomic mass is 16.5. The molecule has 3 amide bonds. The van der Waals surface area contributed by atoms with E-state index < -0.39 is 0 Å². The van der Waals surface area contributed by atoms with E-state index >= 15 is 0 Å². The van der Waals surface area contributed by atoms with Gasteiger partial charge in [-0.2, -0.15) is 0 Å². The van der Waals surface area contributed by atoms with Gasteiger partial charge in [0.25, 0.3) is 11.8 Å². The Morgan fingerprint density at radius 1 is 1.00 bits per heavy atom. The van der Waals surface area contributed by atoms with Crippen molar-refractivity contribution in [3.63, 3.8) is 0 Å². The van der Waals surface area contributed by atoms with Gasteiger partial charge in [0.15, 0.2) is 0 Å². The Bertz CT molecular complexity index is 970. The Hall–Kier alpha value is -3.39. The monoisotopic (exact) mass is 452 g/mol. The maximum absolute atomic E-state index is 12.8. The summed E-state index contributed by atoms with van der Waals surface area (Å²) in [6.07, 6.45) is 2.04. The molecule has 0 radical (unpaired) electrons. The van der Waals surface area contributed by atoms with Crippen molar-refractivity contribution < 1.29 is 19.1 Å². The highest BCUT2D eigenvalue weighted by molar-refractivity contribution is 5.98. The molecule has 176 valence electrons. The normalized spacial score (nSPS) is 13.9. The molecule has 3 rings (SSSR count). The third-order valence-electron chi connectivity index (χ3n) is 5.63. The van der Waals surface area contributed by atoms with E-state index in [2.05, 4.69) is 22.9 Å². The average molecular weight is 453 g/mol. The van der Waals surface area contributed by atoms with E-state index in [1.165, 1.54) is 0 Å². The Balaban J connectivity index is 1.52. The van der Waals surface area contributed by atoms with Crippen LogP contribution in [0.2, 0.25) is 0 Å². The third kappa shape index (κ3) is 7.32. The van der Waals surface area contributed by atoms with Crippen molar-refractivity contribution in [2.45, 2.75) is 19.8 Å². The van der Waals surface area contributed by atoms with Gasteiger partial charge in [-0.15, -0.1) is 0 Å². The van der Waals surface area contributed by atoms with Gasteiger partial charge in [-0.05, 0) is 55.2 Å². The number of carbonyl (C=O) groups excluding carboxylic acids is 3. The van der Waals surface area contributed by atoms with Crippen LogP contribution in [-0.2, 0) is 9.53 Å². The standard InChI is InChI=1S/C25H32N4O4/c1-18-9-12-29(13-10-18)25(32)20-6-4-8-22(16-20)28-23(30)17-27-21-7-3-5-19(15-21)24(31)26-11-14-33-2/h3-8,15-16,18,27H,9-14,17H2,1-2H3,(H,26,31)(H,28,30). The first-order chi connectivity index (χ1) is 16.0. The fourth-order valence-corrected chi connectivity index (χ4v) is 3.65. The lowest BCUT2D eigenvalue weighted by Gasteiger charge is -2.30. The molecule has 0 saturated carbocycles. The van der Waals surface area contributed by atoms with Gasteiger partial charge in [0.2, 0.25) is 5.91 Å². The van der Waals surface area contributed by atoms with Crippen LogP contribution < -0.4 is 16.0 Å². The molecule has 1 heterocycles. The molecule has 1 aliphatic heterocycles. The lowest BCUT2D eigenvalue weighted by Crippen LogP contribution is -2.37. The number of likely N-dealkylation sites (tertiary alicyclic amines) is 1. The van der Waals surface area contributed by atoms with E-state index in [0.717, 1.165) is 25.9 Å². The fourth-order valence-electron chi connectivity index (χ4n) is 3.65. The maximum Gasteiger partial charge on any atom is 0.253 e. The van der Waals surface area contributed by atoms with Crippen LogP contribution >= 0.6 is 0 Å². The summed E-state index contributed by atoms with van der Waals surface area (Å²) in [5, 5.41) is 8.62. The molecular formula is C25H32N4O4. The van der Waals surface area contributed by atoms with Crippen molar-refractivity contribution in [2.75, 3.05) is 50.5 Å². The molecule has 2 aromatic rings. The molecule has 0 aromatic heterocycles. The third-order valence-corrected chi connectivity index (χ3v) is 5.63. The smallest absolute Gasteiger partial charge is 0.253 e. The number of hydrogen-bond donors (Lipinski definition) is 3. The second kappa shape index (κ2) is 12.0. The summed E-state index contributed by atoms with van der Waals surface area (Å²) in [6.45, 7) is 4.63. The van der Waals surface area contributed by atoms with Crippen LogP contribution in [0.5, 0.6) is 0 Å². The first-order valence-corrected chi connectivity index (χ1v) is 11.3. The summed E-state index contributed by atoms with van der Waals surface area (Å²) in [5.41, 5.74) is 2.30. The Morgan fingerprint density at radius 2 is 1.67 bits per heavy atom. The average Bonchev–Trinajstić information content (AvgIpc) is 2.83. The summed E-state index contributed by atoms with van der Waals surface area (Å²) in [6, 6.07) is 14.0. The Kier molecular flexibility index (Phi) is 8.83. The number of methoxy groups -OCH3 is 1. The van der Waals surface area contributed by atoms with Gasteiger partial charge in [0.05, 0.1) is 13.2 Å². The highest BCUT2D eigenvalue weighted by Gasteiger charge is 2.21. The number of benzene rings is 2. The molecule has 33 heavy (non-hydrogen) atoms. The minimum Gasteiger partial charge on any atom is -0.383 e. The molecule has 1 saturated heterocycles. The molecule has 0 unspecified atom stereocenters. The van der Waals surface area contributed by atoms with Crippen LogP contribution in [0.15, 0.2) is 48.5 Å². The van der Waals surface area contributed by atoms with E-state index in [4.69, 9.17) is 4.74 Å². The van der Waals surface area contributed by atoms with Gasteiger partial charge in [-0.3, -0.25) is 14.4 Å².